The smallest absolute Gasteiger partial charge is 0.326 e. The second kappa shape index (κ2) is 3.15. The molecule has 2 fully saturated rings. The molecule has 14 heavy (non-hydrogen) atoms. The molecule has 0 aromatic carbocycles. The summed E-state index contributed by atoms with van der Waals surface area (Å²) in [6.07, 6.45) is -1.94. The normalized spacial score (nSPS) is 42.5. The number of hydrogen-bond donors (Lipinski definition) is 0. The van der Waals surface area contributed by atoms with Gasteiger partial charge in [-0.25, -0.2) is 8.78 Å². The number of hydrogen-bond acceptors (Lipinski definition) is 3. The van der Waals surface area contributed by atoms with Crippen molar-refractivity contribution in [3.05, 3.63) is 0 Å². The number of ether oxygens (including phenoxy) is 1. The fourth-order valence-corrected chi connectivity index (χ4v) is 2.59. The summed E-state index contributed by atoms with van der Waals surface area (Å²) in [6, 6.07) is 0. The van der Waals surface area contributed by atoms with Crippen molar-refractivity contribution in [1.82, 2.24) is 4.90 Å². The largest absolute Gasteiger partial charge is 0.468 e. The van der Waals surface area contributed by atoms with Crippen LogP contribution in [0.4, 0.5) is 8.78 Å². The van der Waals surface area contributed by atoms with E-state index in [4.69, 9.17) is 0 Å². The lowest BCUT2D eigenvalue weighted by Gasteiger charge is -2.27. The van der Waals surface area contributed by atoms with Crippen LogP contribution in [-0.4, -0.2) is 49.0 Å². The highest BCUT2D eigenvalue weighted by Crippen LogP contribution is 2.41. The van der Waals surface area contributed by atoms with E-state index < -0.39 is 23.9 Å². The fraction of sp³-hybridized carbons (Fsp3) is 0.889. The van der Waals surface area contributed by atoms with Gasteiger partial charge in [0, 0.05) is 25.9 Å². The van der Waals surface area contributed by atoms with E-state index in [1.807, 2.05) is 0 Å². The molecule has 0 aromatic rings. The lowest BCUT2D eigenvalue weighted by Crippen LogP contribution is -2.46. The number of esters is 1. The number of carbonyl (C=O) groups excluding carboxylic acids is 1. The third-order valence-corrected chi connectivity index (χ3v) is 3.13. The molecular weight excluding hydrogens is 192 g/mol. The highest BCUT2D eigenvalue weighted by Gasteiger charge is 2.58. The number of methoxy groups -OCH3 is 1. The molecule has 0 aliphatic carbocycles. The van der Waals surface area contributed by atoms with Crippen LogP contribution >= 0.6 is 0 Å². The molecule has 3 nitrogen and oxygen atoms in total. The van der Waals surface area contributed by atoms with Gasteiger partial charge < -0.3 is 4.74 Å². The van der Waals surface area contributed by atoms with Crippen molar-refractivity contribution < 1.29 is 18.3 Å². The van der Waals surface area contributed by atoms with Crippen LogP contribution < -0.4 is 0 Å². The minimum absolute atomic E-state index is 0.0695. The molecule has 0 spiro atoms. The van der Waals surface area contributed by atoms with Crippen molar-refractivity contribution in [2.45, 2.75) is 30.7 Å². The summed E-state index contributed by atoms with van der Waals surface area (Å²) < 4.78 is 30.9. The van der Waals surface area contributed by atoms with Gasteiger partial charge in [-0.2, -0.15) is 0 Å². The number of rotatable bonds is 1. The van der Waals surface area contributed by atoms with Crippen LogP contribution in [0.5, 0.6) is 0 Å². The van der Waals surface area contributed by atoms with Gasteiger partial charge in [0.1, 0.15) is 17.9 Å². The van der Waals surface area contributed by atoms with Crippen molar-refractivity contribution in [2.75, 3.05) is 20.2 Å². The zero-order chi connectivity index (χ0) is 10.3. The molecule has 0 saturated carbocycles. The molecule has 0 bridgehead atoms. The standard InChI is InChI=1S/C9H13F2NO2/c1-14-8(13)9-2-6(10)4-12(9)5-7(11)3-9/h6-7H,2-5H2,1H3/t6-,7?,9?/m0/s1. The van der Waals surface area contributed by atoms with E-state index in [0.717, 1.165) is 0 Å². The summed E-state index contributed by atoms with van der Waals surface area (Å²) in [6.45, 7) is 0.297. The minimum Gasteiger partial charge on any atom is -0.468 e. The summed E-state index contributed by atoms with van der Waals surface area (Å²) in [7, 11) is 1.26. The molecule has 0 N–H and O–H groups in total. The second-order valence-corrected chi connectivity index (χ2v) is 4.03. The van der Waals surface area contributed by atoms with Crippen molar-refractivity contribution >= 4 is 5.97 Å². The molecular formula is C9H13F2NO2. The third-order valence-electron chi connectivity index (χ3n) is 3.13. The van der Waals surface area contributed by atoms with Crippen molar-refractivity contribution in [1.29, 1.82) is 0 Å². The average Bonchev–Trinajstić information content (AvgIpc) is 2.55. The summed E-state index contributed by atoms with van der Waals surface area (Å²) in [4.78, 5) is 13.1. The summed E-state index contributed by atoms with van der Waals surface area (Å²) >= 11 is 0. The van der Waals surface area contributed by atoms with E-state index in [1.54, 1.807) is 4.90 Å². The minimum atomic E-state index is -1.04. The summed E-state index contributed by atoms with van der Waals surface area (Å²) in [5, 5.41) is 0. The Hall–Kier alpha value is -0.710. The van der Waals surface area contributed by atoms with E-state index in [1.165, 1.54) is 7.11 Å². The van der Waals surface area contributed by atoms with E-state index >= 15 is 0 Å². The second-order valence-electron chi connectivity index (χ2n) is 4.03. The Bertz CT molecular complexity index is 245. The first kappa shape index (κ1) is 9.83. The molecule has 2 aliphatic heterocycles. The Balaban J connectivity index is 2.24. The molecule has 0 amide bonds. The van der Waals surface area contributed by atoms with Gasteiger partial charge in [-0.1, -0.05) is 0 Å². The van der Waals surface area contributed by atoms with Crippen LogP contribution in [0.25, 0.3) is 0 Å². The highest BCUT2D eigenvalue weighted by atomic mass is 19.1. The first-order valence-electron chi connectivity index (χ1n) is 4.70. The quantitative estimate of drug-likeness (QED) is 0.590. The fourth-order valence-electron chi connectivity index (χ4n) is 2.59. The number of halogens is 2. The van der Waals surface area contributed by atoms with Gasteiger partial charge in [-0.15, -0.1) is 0 Å². The Morgan fingerprint density at radius 1 is 1.36 bits per heavy atom. The molecule has 0 radical (unpaired) electrons. The van der Waals surface area contributed by atoms with Crippen molar-refractivity contribution in [3.8, 4) is 0 Å². The molecule has 5 heteroatoms. The number of nitrogens with zero attached hydrogens (tertiary/aromatic N) is 1. The van der Waals surface area contributed by atoms with Gasteiger partial charge >= 0.3 is 5.97 Å². The first-order chi connectivity index (χ1) is 6.58. The van der Waals surface area contributed by atoms with E-state index in [2.05, 4.69) is 4.74 Å². The van der Waals surface area contributed by atoms with Crippen LogP contribution in [0.3, 0.4) is 0 Å². The van der Waals surface area contributed by atoms with Crippen LogP contribution in [0.1, 0.15) is 12.8 Å². The summed E-state index contributed by atoms with van der Waals surface area (Å²) in [5.74, 6) is -0.502. The van der Waals surface area contributed by atoms with Gasteiger partial charge in [0.25, 0.3) is 0 Å². The Morgan fingerprint density at radius 3 is 2.29 bits per heavy atom. The van der Waals surface area contributed by atoms with Crippen LogP contribution in [0, 0.1) is 0 Å². The first-order valence-corrected chi connectivity index (χ1v) is 4.70. The van der Waals surface area contributed by atoms with Gasteiger partial charge in [-0.05, 0) is 0 Å². The Morgan fingerprint density at radius 2 is 1.86 bits per heavy atom. The molecule has 2 unspecified atom stereocenters. The SMILES string of the molecule is COC(=O)C12CC(F)CN1C[C@@H](F)C2. The van der Waals surface area contributed by atoms with E-state index in [0.29, 0.717) is 0 Å². The lowest BCUT2D eigenvalue weighted by atomic mass is 9.93. The molecule has 0 aromatic heterocycles. The number of fused-ring (bicyclic) bond motifs is 1. The molecule has 3 atom stereocenters. The average molecular weight is 205 g/mol. The maximum absolute atomic E-state index is 13.1. The Kier molecular flexibility index (Phi) is 2.21. The zero-order valence-electron chi connectivity index (χ0n) is 8.00. The van der Waals surface area contributed by atoms with Crippen LogP contribution in [0.2, 0.25) is 0 Å². The van der Waals surface area contributed by atoms with Gasteiger partial charge in [0.2, 0.25) is 0 Å². The molecule has 2 heterocycles. The number of carbonyl (C=O) groups is 1. The maximum Gasteiger partial charge on any atom is 0.326 e. The van der Waals surface area contributed by atoms with Gasteiger partial charge in [0.15, 0.2) is 0 Å². The maximum atomic E-state index is 13.1. The predicted molar refractivity (Wildman–Crippen MR) is 45.3 cm³/mol. The van der Waals surface area contributed by atoms with E-state index in [9.17, 15) is 13.6 Å². The molecule has 80 valence electrons. The topological polar surface area (TPSA) is 29.5 Å². The molecule has 2 saturated heterocycles. The molecule has 2 rings (SSSR count). The van der Waals surface area contributed by atoms with Crippen molar-refractivity contribution in [3.63, 3.8) is 0 Å². The summed E-state index contributed by atoms with van der Waals surface area (Å²) in [5.41, 5.74) is -1.02. The number of alkyl halides is 2. The zero-order valence-corrected chi connectivity index (χ0v) is 8.00. The lowest BCUT2D eigenvalue weighted by molar-refractivity contribution is -0.151. The highest BCUT2D eigenvalue weighted by molar-refractivity contribution is 5.82. The van der Waals surface area contributed by atoms with Gasteiger partial charge in [0.05, 0.1) is 7.11 Å². The predicted octanol–water partition coefficient (Wildman–Crippen LogP) is 0.684. The van der Waals surface area contributed by atoms with Crippen LogP contribution in [-0.2, 0) is 9.53 Å². The molecule has 2 aliphatic rings. The van der Waals surface area contributed by atoms with Crippen molar-refractivity contribution in [2.24, 2.45) is 0 Å². The third kappa shape index (κ3) is 1.22. The Labute approximate surface area is 81.0 Å². The van der Waals surface area contributed by atoms with E-state index in [-0.39, 0.29) is 25.9 Å². The van der Waals surface area contributed by atoms with Gasteiger partial charge in [-0.3, -0.25) is 9.69 Å². The monoisotopic (exact) mass is 205 g/mol. The van der Waals surface area contributed by atoms with Crippen LogP contribution in [0.15, 0.2) is 0 Å².